The fraction of sp³-hybridized carbons (Fsp3) is 0.391. The summed E-state index contributed by atoms with van der Waals surface area (Å²) in [6.07, 6.45) is 2.72. The van der Waals surface area contributed by atoms with Gasteiger partial charge in [-0.1, -0.05) is 35.1 Å². The number of halogens is 1. The van der Waals surface area contributed by atoms with Crippen LogP contribution in [0.5, 0.6) is 5.75 Å². The van der Waals surface area contributed by atoms with Crippen molar-refractivity contribution in [3.05, 3.63) is 53.1 Å². The molecule has 1 saturated heterocycles. The monoisotopic (exact) mass is 443 g/mol. The lowest BCUT2D eigenvalue weighted by Gasteiger charge is -2.31. The molecule has 1 amide bonds. The Balaban J connectivity index is 1.34. The highest BCUT2D eigenvalue weighted by Crippen LogP contribution is 2.33. The standard InChI is InChI=1S/C23H26ClN3O2S/c1-2-29-19-9-10-20-21(14-19)30-23(26-20)27-13-3-4-17(15-27)22(28)25-12-11-16-5-7-18(24)8-6-16/h5-10,14,17H,2-4,11-13,15H2,1H3,(H,25,28)/t17-/m1/s1. The minimum atomic E-state index is -0.00466. The number of ether oxygens (including phenoxy) is 1. The van der Waals surface area contributed by atoms with Crippen LogP contribution in [0.2, 0.25) is 5.02 Å². The normalized spacial score (nSPS) is 16.6. The van der Waals surface area contributed by atoms with Gasteiger partial charge in [0.25, 0.3) is 0 Å². The third-order valence-corrected chi connectivity index (χ3v) is 6.68. The van der Waals surface area contributed by atoms with Gasteiger partial charge < -0.3 is 15.0 Å². The Morgan fingerprint density at radius 3 is 2.93 bits per heavy atom. The van der Waals surface area contributed by atoms with E-state index in [0.717, 1.165) is 51.9 Å². The van der Waals surface area contributed by atoms with Crippen LogP contribution in [-0.2, 0) is 11.2 Å². The lowest BCUT2D eigenvalue weighted by Crippen LogP contribution is -2.43. The van der Waals surface area contributed by atoms with Gasteiger partial charge >= 0.3 is 0 Å². The molecule has 1 aromatic heterocycles. The van der Waals surface area contributed by atoms with Gasteiger partial charge in [-0.3, -0.25) is 4.79 Å². The summed E-state index contributed by atoms with van der Waals surface area (Å²) >= 11 is 7.59. The van der Waals surface area contributed by atoms with Crippen LogP contribution in [0.25, 0.3) is 10.2 Å². The van der Waals surface area contributed by atoms with Crippen LogP contribution in [0.15, 0.2) is 42.5 Å². The first-order valence-corrected chi connectivity index (χ1v) is 11.6. The number of nitrogens with one attached hydrogen (secondary N) is 1. The van der Waals surface area contributed by atoms with E-state index in [2.05, 4.69) is 10.2 Å². The number of hydrogen-bond donors (Lipinski definition) is 1. The number of anilines is 1. The molecule has 1 atom stereocenters. The molecule has 30 heavy (non-hydrogen) atoms. The van der Waals surface area contributed by atoms with E-state index in [0.29, 0.717) is 19.7 Å². The van der Waals surface area contributed by atoms with Gasteiger partial charge in [0, 0.05) is 24.7 Å². The van der Waals surface area contributed by atoms with Crippen molar-refractivity contribution in [3.63, 3.8) is 0 Å². The maximum absolute atomic E-state index is 12.7. The van der Waals surface area contributed by atoms with E-state index in [9.17, 15) is 4.79 Å². The molecule has 0 bridgehead atoms. The number of carbonyl (C=O) groups is 1. The maximum Gasteiger partial charge on any atom is 0.224 e. The molecule has 2 aromatic carbocycles. The van der Waals surface area contributed by atoms with Crippen molar-refractivity contribution in [1.82, 2.24) is 10.3 Å². The largest absolute Gasteiger partial charge is 0.494 e. The van der Waals surface area contributed by atoms with Crippen molar-refractivity contribution in [1.29, 1.82) is 0 Å². The molecule has 3 aromatic rings. The number of fused-ring (bicyclic) bond motifs is 1. The van der Waals surface area contributed by atoms with Crippen LogP contribution in [0.4, 0.5) is 5.13 Å². The SMILES string of the molecule is CCOc1ccc2nc(N3CCC[C@@H](C(=O)NCCc4ccc(Cl)cc4)C3)sc2c1. The Kier molecular flexibility index (Phi) is 6.75. The molecule has 1 aliphatic heterocycles. The van der Waals surface area contributed by atoms with E-state index < -0.39 is 0 Å². The molecular formula is C23H26ClN3O2S. The Labute approximate surface area is 186 Å². The zero-order valence-electron chi connectivity index (χ0n) is 17.1. The molecule has 1 fully saturated rings. The van der Waals surface area contributed by atoms with E-state index >= 15 is 0 Å². The summed E-state index contributed by atoms with van der Waals surface area (Å²) in [4.78, 5) is 19.8. The lowest BCUT2D eigenvalue weighted by atomic mass is 9.97. The van der Waals surface area contributed by atoms with Crippen LogP contribution in [-0.4, -0.2) is 37.1 Å². The highest BCUT2D eigenvalue weighted by Gasteiger charge is 2.27. The highest BCUT2D eigenvalue weighted by atomic mass is 35.5. The van der Waals surface area contributed by atoms with Crippen molar-refractivity contribution in [2.75, 3.05) is 31.1 Å². The molecule has 158 valence electrons. The van der Waals surface area contributed by atoms with E-state index in [1.807, 2.05) is 49.4 Å². The van der Waals surface area contributed by atoms with Crippen LogP contribution >= 0.6 is 22.9 Å². The minimum absolute atomic E-state index is 0.00466. The minimum Gasteiger partial charge on any atom is -0.494 e. The average Bonchev–Trinajstić information content (AvgIpc) is 3.19. The molecule has 0 unspecified atom stereocenters. The van der Waals surface area contributed by atoms with Gasteiger partial charge in [-0.25, -0.2) is 4.98 Å². The molecule has 2 heterocycles. The van der Waals surface area contributed by atoms with Crippen LogP contribution in [0, 0.1) is 5.92 Å². The first kappa shape index (κ1) is 20.9. The highest BCUT2D eigenvalue weighted by molar-refractivity contribution is 7.22. The van der Waals surface area contributed by atoms with E-state index in [1.165, 1.54) is 5.56 Å². The number of benzene rings is 2. The fourth-order valence-electron chi connectivity index (χ4n) is 3.77. The molecule has 5 nitrogen and oxygen atoms in total. The summed E-state index contributed by atoms with van der Waals surface area (Å²) < 4.78 is 6.71. The van der Waals surface area contributed by atoms with Gasteiger partial charge in [0.15, 0.2) is 5.13 Å². The van der Waals surface area contributed by atoms with Gasteiger partial charge in [0.1, 0.15) is 5.75 Å². The number of thiazole rings is 1. The van der Waals surface area contributed by atoms with Crippen molar-refractivity contribution in [3.8, 4) is 5.75 Å². The fourth-order valence-corrected chi connectivity index (χ4v) is 4.93. The first-order valence-electron chi connectivity index (χ1n) is 10.4. The molecule has 0 spiro atoms. The molecule has 0 saturated carbocycles. The zero-order valence-corrected chi connectivity index (χ0v) is 18.6. The van der Waals surface area contributed by atoms with E-state index in [4.69, 9.17) is 21.3 Å². The Hall–Kier alpha value is -2.31. The summed E-state index contributed by atoms with van der Waals surface area (Å²) in [5, 5.41) is 4.82. The smallest absolute Gasteiger partial charge is 0.224 e. The second kappa shape index (κ2) is 9.67. The number of piperidine rings is 1. The Bertz CT molecular complexity index is 1010. The molecule has 1 N–H and O–H groups in total. The van der Waals surface area contributed by atoms with Crippen molar-refractivity contribution >= 4 is 44.2 Å². The predicted molar refractivity (Wildman–Crippen MR) is 124 cm³/mol. The predicted octanol–water partition coefficient (Wildman–Crippen LogP) is 4.92. The number of hydrogen-bond acceptors (Lipinski definition) is 5. The Morgan fingerprint density at radius 1 is 1.30 bits per heavy atom. The summed E-state index contributed by atoms with van der Waals surface area (Å²) in [5.41, 5.74) is 2.15. The lowest BCUT2D eigenvalue weighted by molar-refractivity contribution is -0.125. The second-order valence-corrected chi connectivity index (χ2v) is 8.96. The zero-order chi connectivity index (χ0) is 20.9. The van der Waals surface area contributed by atoms with E-state index in [1.54, 1.807) is 11.3 Å². The van der Waals surface area contributed by atoms with Gasteiger partial charge in [-0.15, -0.1) is 0 Å². The number of carbonyl (C=O) groups excluding carboxylic acids is 1. The maximum atomic E-state index is 12.7. The summed E-state index contributed by atoms with van der Waals surface area (Å²) in [6.45, 7) is 4.92. The first-order chi connectivity index (χ1) is 14.6. The summed E-state index contributed by atoms with van der Waals surface area (Å²) in [6, 6.07) is 13.8. The average molecular weight is 444 g/mol. The number of nitrogens with zero attached hydrogens (tertiary/aromatic N) is 2. The third-order valence-electron chi connectivity index (χ3n) is 5.35. The number of rotatable bonds is 7. The topological polar surface area (TPSA) is 54.5 Å². The van der Waals surface area contributed by atoms with Gasteiger partial charge in [0.05, 0.1) is 22.7 Å². The molecular weight excluding hydrogens is 418 g/mol. The van der Waals surface area contributed by atoms with Crippen molar-refractivity contribution < 1.29 is 9.53 Å². The Morgan fingerprint density at radius 2 is 2.13 bits per heavy atom. The summed E-state index contributed by atoms with van der Waals surface area (Å²) in [5.74, 6) is 1.00. The summed E-state index contributed by atoms with van der Waals surface area (Å²) in [7, 11) is 0. The van der Waals surface area contributed by atoms with Crippen LogP contribution in [0.1, 0.15) is 25.3 Å². The molecule has 1 aliphatic rings. The molecule has 4 rings (SSSR count). The second-order valence-electron chi connectivity index (χ2n) is 7.51. The van der Waals surface area contributed by atoms with Crippen LogP contribution < -0.4 is 15.0 Å². The number of aromatic nitrogens is 1. The van der Waals surface area contributed by atoms with E-state index in [-0.39, 0.29) is 11.8 Å². The van der Waals surface area contributed by atoms with Gasteiger partial charge in [0.2, 0.25) is 5.91 Å². The van der Waals surface area contributed by atoms with Gasteiger partial charge in [-0.05, 0) is 62.1 Å². The van der Waals surface area contributed by atoms with Crippen molar-refractivity contribution in [2.24, 2.45) is 5.92 Å². The quantitative estimate of drug-likeness (QED) is 0.562. The molecule has 0 radical (unpaired) electrons. The molecule has 7 heteroatoms. The number of amides is 1. The van der Waals surface area contributed by atoms with Gasteiger partial charge in [-0.2, -0.15) is 0 Å². The third kappa shape index (κ3) is 5.05. The van der Waals surface area contributed by atoms with Crippen LogP contribution in [0.3, 0.4) is 0 Å². The molecule has 0 aliphatic carbocycles. The van der Waals surface area contributed by atoms with Crippen molar-refractivity contribution in [2.45, 2.75) is 26.2 Å².